The first-order chi connectivity index (χ1) is 12.3. The van der Waals surface area contributed by atoms with Crippen molar-refractivity contribution in [2.75, 3.05) is 26.6 Å². The van der Waals surface area contributed by atoms with Crippen molar-refractivity contribution in [3.05, 3.63) is 48.5 Å². The number of rotatable bonds is 8. The molecule has 1 aromatic heterocycles. The highest BCUT2D eigenvalue weighted by atomic mass is 32.2. The molecule has 3 rings (SSSR count). The van der Waals surface area contributed by atoms with E-state index in [1.165, 1.54) is 11.8 Å². The van der Waals surface area contributed by atoms with Gasteiger partial charge in [-0.15, -0.1) is 5.10 Å². The third kappa shape index (κ3) is 4.42. The van der Waals surface area contributed by atoms with E-state index >= 15 is 0 Å². The molecule has 1 heterocycles. The Morgan fingerprint density at radius 1 is 0.880 bits per heavy atom. The second-order valence-electron chi connectivity index (χ2n) is 4.94. The Labute approximate surface area is 149 Å². The normalized spacial score (nSPS) is 10.5. The van der Waals surface area contributed by atoms with Crippen molar-refractivity contribution in [3.63, 3.8) is 0 Å². The first-order valence-electron chi connectivity index (χ1n) is 7.62. The van der Waals surface area contributed by atoms with Gasteiger partial charge in [-0.1, -0.05) is 11.8 Å². The lowest BCUT2D eigenvalue weighted by atomic mass is 10.3. The Kier molecular flexibility index (Phi) is 5.73. The van der Waals surface area contributed by atoms with Crippen LogP contribution in [0, 0.1) is 0 Å². The highest BCUT2D eigenvalue weighted by Gasteiger charge is 2.09. The lowest BCUT2D eigenvalue weighted by Gasteiger charge is -2.07. The topological polar surface area (TPSA) is 71.3 Å². The van der Waals surface area contributed by atoms with Gasteiger partial charge in [0.05, 0.1) is 26.5 Å². The molecule has 25 heavy (non-hydrogen) atoms. The molecule has 130 valence electrons. The minimum Gasteiger partial charge on any atom is -0.497 e. The van der Waals surface area contributed by atoms with E-state index < -0.39 is 0 Å². The molecule has 2 aromatic carbocycles. The Morgan fingerprint density at radius 2 is 1.48 bits per heavy atom. The van der Waals surface area contributed by atoms with Crippen LogP contribution in [-0.4, -0.2) is 46.8 Å². The molecule has 0 saturated carbocycles. The largest absolute Gasteiger partial charge is 0.497 e. The summed E-state index contributed by atoms with van der Waals surface area (Å²) in [4.78, 5) is 0. The molecule has 0 unspecified atom stereocenters. The molecule has 7 nitrogen and oxygen atoms in total. The van der Waals surface area contributed by atoms with Gasteiger partial charge in [-0.2, -0.15) is 4.68 Å². The van der Waals surface area contributed by atoms with Crippen LogP contribution < -0.4 is 14.2 Å². The zero-order valence-electron chi connectivity index (χ0n) is 14.0. The maximum Gasteiger partial charge on any atom is 0.214 e. The van der Waals surface area contributed by atoms with Gasteiger partial charge in [0.15, 0.2) is 0 Å². The van der Waals surface area contributed by atoms with Gasteiger partial charge >= 0.3 is 0 Å². The molecule has 0 radical (unpaired) electrons. The van der Waals surface area contributed by atoms with Crippen molar-refractivity contribution in [1.29, 1.82) is 0 Å². The number of nitrogens with zero attached hydrogens (tertiary/aromatic N) is 4. The summed E-state index contributed by atoms with van der Waals surface area (Å²) in [6.07, 6.45) is 0. The number of aromatic nitrogens is 4. The molecule has 0 atom stereocenters. The van der Waals surface area contributed by atoms with E-state index in [1.807, 2.05) is 48.5 Å². The van der Waals surface area contributed by atoms with Crippen LogP contribution in [0.2, 0.25) is 0 Å². The first-order valence-corrected chi connectivity index (χ1v) is 8.61. The van der Waals surface area contributed by atoms with Crippen LogP contribution in [0.1, 0.15) is 0 Å². The third-order valence-corrected chi connectivity index (χ3v) is 4.28. The summed E-state index contributed by atoms with van der Waals surface area (Å²) >= 11 is 1.53. The fourth-order valence-electron chi connectivity index (χ4n) is 2.12. The van der Waals surface area contributed by atoms with E-state index in [0.29, 0.717) is 11.8 Å². The van der Waals surface area contributed by atoms with Gasteiger partial charge in [0.1, 0.15) is 17.2 Å². The van der Waals surface area contributed by atoms with Gasteiger partial charge < -0.3 is 14.2 Å². The number of ether oxygens (including phenoxy) is 3. The Balaban J connectivity index is 1.54. The predicted octanol–water partition coefficient (Wildman–Crippen LogP) is 2.85. The van der Waals surface area contributed by atoms with Crippen molar-refractivity contribution < 1.29 is 14.2 Å². The van der Waals surface area contributed by atoms with E-state index in [0.717, 1.165) is 28.7 Å². The number of methoxy groups -OCH3 is 2. The highest BCUT2D eigenvalue weighted by Crippen LogP contribution is 2.21. The average molecular weight is 358 g/mol. The molecular formula is C17H18N4O3S. The Bertz CT molecular complexity index is 790. The van der Waals surface area contributed by atoms with Crippen molar-refractivity contribution in [2.24, 2.45) is 0 Å². The molecule has 0 aliphatic carbocycles. The van der Waals surface area contributed by atoms with Crippen molar-refractivity contribution >= 4 is 11.8 Å². The van der Waals surface area contributed by atoms with Crippen LogP contribution in [0.15, 0.2) is 53.7 Å². The molecule has 0 amide bonds. The zero-order chi connectivity index (χ0) is 17.5. The highest BCUT2D eigenvalue weighted by molar-refractivity contribution is 7.99. The Hall–Kier alpha value is -2.74. The molecule has 8 heteroatoms. The third-order valence-electron chi connectivity index (χ3n) is 3.40. The molecule has 0 saturated heterocycles. The maximum absolute atomic E-state index is 5.71. The summed E-state index contributed by atoms with van der Waals surface area (Å²) < 4.78 is 17.7. The number of benzene rings is 2. The SMILES string of the molecule is COc1ccc(OCCSc2nnnn2-c2ccc(OC)cc2)cc1. The summed E-state index contributed by atoms with van der Waals surface area (Å²) in [5, 5.41) is 12.6. The summed E-state index contributed by atoms with van der Waals surface area (Å²) in [7, 11) is 3.27. The van der Waals surface area contributed by atoms with Crippen molar-refractivity contribution in [3.8, 4) is 22.9 Å². The number of tetrazole rings is 1. The first kappa shape index (κ1) is 17.1. The van der Waals surface area contributed by atoms with Gasteiger partial charge in [0, 0.05) is 5.75 Å². The van der Waals surface area contributed by atoms with Crippen LogP contribution in [0.25, 0.3) is 5.69 Å². The van der Waals surface area contributed by atoms with E-state index in [4.69, 9.17) is 14.2 Å². The fourth-order valence-corrected chi connectivity index (χ4v) is 2.83. The van der Waals surface area contributed by atoms with Gasteiger partial charge in [0.2, 0.25) is 5.16 Å². The zero-order valence-corrected chi connectivity index (χ0v) is 14.8. The lowest BCUT2D eigenvalue weighted by Crippen LogP contribution is -2.03. The van der Waals surface area contributed by atoms with Gasteiger partial charge in [0.25, 0.3) is 0 Å². The van der Waals surface area contributed by atoms with Gasteiger partial charge in [-0.25, -0.2) is 0 Å². The average Bonchev–Trinajstić information content (AvgIpc) is 3.14. The standard InChI is InChI=1S/C17H18N4O3S/c1-22-14-5-3-13(4-6-14)21-17(18-19-20-21)25-12-11-24-16-9-7-15(23-2)8-10-16/h3-10H,11-12H2,1-2H3. The summed E-state index contributed by atoms with van der Waals surface area (Å²) in [6.45, 7) is 0.548. The van der Waals surface area contributed by atoms with E-state index in [1.54, 1.807) is 18.9 Å². The fraction of sp³-hybridized carbons (Fsp3) is 0.235. The van der Waals surface area contributed by atoms with Gasteiger partial charge in [-0.05, 0) is 59.0 Å². The lowest BCUT2D eigenvalue weighted by molar-refractivity contribution is 0.342. The second kappa shape index (κ2) is 8.39. The monoisotopic (exact) mass is 358 g/mol. The van der Waals surface area contributed by atoms with Crippen molar-refractivity contribution in [1.82, 2.24) is 20.2 Å². The van der Waals surface area contributed by atoms with Gasteiger partial charge in [-0.3, -0.25) is 0 Å². The quantitative estimate of drug-likeness (QED) is 0.453. The number of hydrogen-bond donors (Lipinski definition) is 0. The van der Waals surface area contributed by atoms with Crippen molar-refractivity contribution in [2.45, 2.75) is 5.16 Å². The molecular weight excluding hydrogens is 340 g/mol. The molecule has 0 N–H and O–H groups in total. The van der Waals surface area contributed by atoms with Crippen LogP contribution in [0.3, 0.4) is 0 Å². The minimum atomic E-state index is 0.548. The summed E-state index contributed by atoms with van der Waals surface area (Å²) in [5.74, 6) is 3.12. The molecule has 0 aliphatic heterocycles. The van der Waals surface area contributed by atoms with E-state index in [9.17, 15) is 0 Å². The number of hydrogen-bond acceptors (Lipinski definition) is 7. The minimum absolute atomic E-state index is 0.548. The molecule has 0 bridgehead atoms. The summed E-state index contributed by atoms with van der Waals surface area (Å²) in [6, 6.07) is 15.1. The maximum atomic E-state index is 5.71. The number of thioether (sulfide) groups is 1. The summed E-state index contributed by atoms with van der Waals surface area (Å²) in [5.41, 5.74) is 0.879. The van der Waals surface area contributed by atoms with Crippen LogP contribution in [0.5, 0.6) is 17.2 Å². The van der Waals surface area contributed by atoms with Crippen LogP contribution >= 0.6 is 11.8 Å². The molecule has 0 fully saturated rings. The van der Waals surface area contributed by atoms with Crippen LogP contribution in [0.4, 0.5) is 0 Å². The molecule has 3 aromatic rings. The smallest absolute Gasteiger partial charge is 0.214 e. The Morgan fingerprint density at radius 3 is 2.12 bits per heavy atom. The predicted molar refractivity (Wildman–Crippen MR) is 94.9 cm³/mol. The second-order valence-corrected chi connectivity index (χ2v) is 6.01. The van der Waals surface area contributed by atoms with Crippen LogP contribution in [-0.2, 0) is 0 Å². The van der Waals surface area contributed by atoms with E-state index in [2.05, 4.69) is 15.5 Å². The van der Waals surface area contributed by atoms with E-state index in [-0.39, 0.29) is 0 Å². The molecule has 0 spiro atoms. The molecule has 0 aliphatic rings.